The van der Waals surface area contributed by atoms with Crippen LogP contribution in [0.15, 0.2) is 0 Å². The highest BCUT2D eigenvalue weighted by Gasteiger charge is 2.51. The number of carboxylic acid groups (broad SMARTS) is 1. The maximum atomic E-state index is 12.4. The first-order valence-corrected chi connectivity index (χ1v) is 8.61. The van der Waals surface area contributed by atoms with E-state index in [9.17, 15) is 14.7 Å². The number of carbonyl (C=O) groups is 2. The van der Waals surface area contributed by atoms with Crippen molar-refractivity contribution >= 4 is 23.8 Å². The Morgan fingerprint density at radius 1 is 1.30 bits per heavy atom. The molecular formula is C14H22N2O3S. The number of carboxylic acids is 1. The zero-order chi connectivity index (χ0) is 14.3. The van der Waals surface area contributed by atoms with Crippen molar-refractivity contribution in [1.29, 1.82) is 0 Å². The number of amides is 2. The third-order valence-corrected chi connectivity index (χ3v) is 6.31. The van der Waals surface area contributed by atoms with Crippen LogP contribution in [-0.4, -0.2) is 52.1 Å². The van der Waals surface area contributed by atoms with Crippen LogP contribution in [0.2, 0.25) is 0 Å². The minimum atomic E-state index is -0.746. The number of nitrogens with zero attached hydrogens (tertiary/aromatic N) is 1. The minimum absolute atomic E-state index is 0.0680. The zero-order valence-electron chi connectivity index (χ0n) is 11.7. The first-order valence-electron chi connectivity index (χ1n) is 7.45. The molecule has 1 heterocycles. The Morgan fingerprint density at radius 2 is 2.05 bits per heavy atom. The molecule has 3 aliphatic rings. The van der Waals surface area contributed by atoms with Gasteiger partial charge in [0.2, 0.25) is 0 Å². The van der Waals surface area contributed by atoms with Gasteiger partial charge in [0.05, 0.1) is 5.92 Å². The molecule has 1 aliphatic heterocycles. The molecule has 0 aromatic carbocycles. The first kappa shape index (κ1) is 14.0. The van der Waals surface area contributed by atoms with Crippen LogP contribution in [0.5, 0.6) is 0 Å². The molecule has 1 saturated heterocycles. The van der Waals surface area contributed by atoms with Gasteiger partial charge in [0.15, 0.2) is 0 Å². The van der Waals surface area contributed by atoms with E-state index in [0.29, 0.717) is 5.92 Å². The van der Waals surface area contributed by atoms with E-state index in [1.807, 2.05) is 16.7 Å². The SMILES string of the molecule is CC1CSCCN1C(=O)NC1C2CCC(C2)C1C(=O)O. The number of rotatable bonds is 2. The predicted octanol–water partition coefficient (Wildman–Crippen LogP) is 1.63. The van der Waals surface area contributed by atoms with Crippen LogP contribution in [0.3, 0.4) is 0 Å². The highest BCUT2D eigenvalue weighted by molar-refractivity contribution is 7.99. The molecule has 2 bridgehead atoms. The van der Waals surface area contributed by atoms with Gasteiger partial charge in [-0.25, -0.2) is 4.79 Å². The maximum absolute atomic E-state index is 12.4. The molecular weight excluding hydrogens is 276 g/mol. The molecule has 2 saturated carbocycles. The fourth-order valence-corrected chi connectivity index (χ4v) is 5.12. The van der Waals surface area contributed by atoms with Gasteiger partial charge in [-0.05, 0) is 38.0 Å². The number of aliphatic carboxylic acids is 1. The normalized spacial score (nSPS) is 39.9. The molecule has 3 rings (SSSR count). The van der Waals surface area contributed by atoms with E-state index in [1.54, 1.807) is 0 Å². The van der Waals surface area contributed by atoms with E-state index in [-0.39, 0.29) is 30.0 Å². The zero-order valence-corrected chi connectivity index (χ0v) is 12.6. The van der Waals surface area contributed by atoms with E-state index < -0.39 is 5.97 Å². The van der Waals surface area contributed by atoms with Gasteiger partial charge < -0.3 is 15.3 Å². The lowest BCUT2D eigenvalue weighted by atomic mass is 9.84. The van der Waals surface area contributed by atoms with Crippen molar-refractivity contribution in [3.63, 3.8) is 0 Å². The Bertz CT molecular complexity index is 417. The summed E-state index contributed by atoms with van der Waals surface area (Å²) in [5.41, 5.74) is 0. The Balaban J connectivity index is 1.67. The number of fused-ring (bicyclic) bond motifs is 2. The lowest BCUT2D eigenvalue weighted by Gasteiger charge is -2.36. The summed E-state index contributed by atoms with van der Waals surface area (Å²) in [4.78, 5) is 25.7. The van der Waals surface area contributed by atoms with Crippen LogP contribution < -0.4 is 5.32 Å². The number of hydrogen-bond donors (Lipinski definition) is 2. The van der Waals surface area contributed by atoms with Gasteiger partial charge in [-0.15, -0.1) is 0 Å². The minimum Gasteiger partial charge on any atom is -0.481 e. The molecule has 6 heteroatoms. The topological polar surface area (TPSA) is 69.6 Å². The first-order chi connectivity index (χ1) is 9.58. The summed E-state index contributed by atoms with van der Waals surface area (Å²) in [5.74, 6) is 1.43. The number of thioether (sulfide) groups is 1. The molecule has 0 spiro atoms. The second-order valence-corrected chi connectivity index (χ2v) is 7.44. The molecule has 0 aromatic heterocycles. The van der Waals surface area contributed by atoms with Crippen molar-refractivity contribution in [2.45, 2.75) is 38.3 Å². The summed E-state index contributed by atoms with van der Waals surface area (Å²) >= 11 is 1.87. The number of urea groups is 1. The van der Waals surface area contributed by atoms with Gasteiger partial charge in [-0.1, -0.05) is 0 Å². The molecule has 0 aromatic rings. The summed E-state index contributed by atoms with van der Waals surface area (Å²) in [6.45, 7) is 2.82. The third-order valence-electron chi connectivity index (χ3n) is 5.12. The van der Waals surface area contributed by atoms with Gasteiger partial charge in [-0.3, -0.25) is 4.79 Å². The third kappa shape index (κ3) is 2.38. The van der Waals surface area contributed by atoms with Crippen molar-refractivity contribution in [1.82, 2.24) is 10.2 Å². The fraction of sp³-hybridized carbons (Fsp3) is 0.857. The average molecular weight is 298 g/mol. The van der Waals surface area contributed by atoms with Crippen molar-refractivity contribution in [3.05, 3.63) is 0 Å². The van der Waals surface area contributed by atoms with E-state index in [2.05, 4.69) is 12.2 Å². The van der Waals surface area contributed by atoms with Gasteiger partial charge in [0.25, 0.3) is 0 Å². The lowest BCUT2D eigenvalue weighted by Crippen LogP contribution is -2.55. The fourth-order valence-electron chi connectivity index (χ4n) is 4.11. The quantitative estimate of drug-likeness (QED) is 0.813. The van der Waals surface area contributed by atoms with E-state index in [1.165, 1.54) is 0 Å². The number of nitrogens with one attached hydrogen (secondary N) is 1. The predicted molar refractivity (Wildman–Crippen MR) is 77.8 cm³/mol. The van der Waals surface area contributed by atoms with Crippen LogP contribution in [0, 0.1) is 17.8 Å². The van der Waals surface area contributed by atoms with Crippen molar-refractivity contribution in [3.8, 4) is 0 Å². The molecule has 0 radical (unpaired) electrons. The van der Waals surface area contributed by atoms with Crippen LogP contribution >= 0.6 is 11.8 Å². The Kier molecular flexibility index (Phi) is 3.84. The Hall–Kier alpha value is -0.910. The van der Waals surface area contributed by atoms with Gasteiger partial charge >= 0.3 is 12.0 Å². The summed E-state index contributed by atoms with van der Waals surface area (Å²) in [6, 6.07) is -0.00208. The molecule has 5 nitrogen and oxygen atoms in total. The van der Waals surface area contributed by atoms with Gasteiger partial charge in [-0.2, -0.15) is 11.8 Å². The molecule has 5 unspecified atom stereocenters. The second kappa shape index (κ2) is 5.47. The summed E-state index contributed by atoms with van der Waals surface area (Å²) < 4.78 is 0. The van der Waals surface area contributed by atoms with E-state index >= 15 is 0 Å². The molecule has 2 N–H and O–H groups in total. The molecule has 3 fully saturated rings. The highest BCUT2D eigenvalue weighted by Crippen LogP contribution is 2.48. The summed E-state index contributed by atoms with van der Waals surface area (Å²) in [6.07, 6.45) is 3.03. The van der Waals surface area contributed by atoms with Crippen LogP contribution in [0.1, 0.15) is 26.2 Å². The second-order valence-electron chi connectivity index (χ2n) is 6.29. The monoisotopic (exact) mass is 298 g/mol. The Labute approximate surface area is 123 Å². The summed E-state index contributed by atoms with van der Waals surface area (Å²) in [5, 5.41) is 12.5. The Morgan fingerprint density at radius 3 is 2.75 bits per heavy atom. The highest BCUT2D eigenvalue weighted by atomic mass is 32.2. The van der Waals surface area contributed by atoms with E-state index in [4.69, 9.17) is 0 Å². The summed E-state index contributed by atoms with van der Waals surface area (Å²) in [7, 11) is 0. The maximum Gasteiger partial charge on any atom is 0.317 e. The standard InChI is InChI=1S/C14H22N2O3S/c1-8-7-20-5-4-16(8)14(19)15-12-10-3-2-9(6-10)11(12)13(17)18/h8-12H,2-7H2,1H3,(H,15,19)(H,17,18). The van der Waals surface area contributed by atoms with Gasteiger partial charge in [0.1, 0.15) is 0 Å². The van der Waals surface area contributed by atoms with Crippen molar-refractivity contribution < 1.29 is 14.7 Å². The number of hydrogen-bond acceptors (Lipinski definition) is 3. The smallest absolute Gasteiger partial charge is 0.317 e. The number of carbonyl (C=O) groups excluding carboxylic acids is 1. The lowest BCUT2D eigenvalue weighted by molar-refractivity contribution is -0.144. The molecule has 2 amide bonds. The van der Waals surface area contributed by atoms with Crippen LogP contribution in [0.4, 0.5) is 4.79 Å². The molecule has 5 atom stereocenters. The van der Waals surface area contributed by atoms with E-state index in [0.717, 1.165) is 37.3 Å². The molecule has 20 heavy (non-hydrogen) atoms. The largest absolute Gasteiger partial charge is 0.481 e. The van der Waals surface area contributed by atoms with Crippen molar-refractivity contribution in [2.75, 3.05) is 18.1 Å². The molecule has 112 valence electrons. The molecule has 2 aliphatic carbocycles. The van der Waals surface area contributed by atoms with Crippen molar-refractivity contribution in [2.24, 2.45) is 17.8 Å². The van der Waals surface area contributed by atoms with Crippen LogP contribution in [-0.2, 0) is 4.79 Å². The van der Waals surface area contributed by atoms with Gasteiger partial charge in [0, 0.05) is 30.1 Å². The van der Waals surface area contributed by atoms with Crippen LogP contribution in [0.25, 0.3) is 0 Å². The average Bonchev–Trinajstić information content (AvgIpc) is 2.99.